The standard InChI is InChI=1S/C25H33N3O8S.Na/c1-4-27-22(30)25(32,37(33,34)35)24(15-18-11-7-5-8-12-18,28-21(29)20(26)17(2)3)23(31)36-16-19-13-9-6-10-14-19;/h5-14,17,20,32H,4,15-16,26H2,1-3H3,(H,27,30)(H,28,29)(H,33,34,35);/q;+1/p-1/t20-,24?,25?;/m0./s1. The first-order chi connectivity index (χ1) is 17.3. The van der Waals surface area contributed by atoms with Gasteiger partial charge in [0.05, 0.1) is 6.04 Å². The van der Waals surface area contributed by atoms with Gasteiger partial charge in [0.15, 0.2) is 5.54 Å². The molecule has 5 N–H and O–H groups in total. The van der Waals surface area contributed by atoms with Gasteiger partial charge in [0.2, 0.25) is 5.91 Å². The number of esters is 1. The van der Waals surface area contributed by atoms with Crippen molar-refractivity contribution < 1.29 is 66.8 Å². The molecule has 2 amide bonds. The number of hydrogen-bond donors (Lipinski definition) is 4. The van der Waals surface area contributed by atoms with Crippen molar-refractivity contribution in [1.82, 2.24) is 10.6 Å². The molecule has 2 unspecified atom stereocenters. The fraction of sp³-hybridized carbons (Fsp3) is 0.400. The molecular formula is C25H32N3NaO8S. The molecule has 0 aliphatic carbocycles. The molecule has 0 spiro atoms. The topological polar surface area (TPSA) is 188 Å². The Labute approximate surface area is 244 Å². The summed E-state index contributed by atoms with van der Waals surface area (Å²) in [6.07, 6.45) is -0.785. The predicted octanol–water partition coefficient (Wildman–Crippen LogP) is -2.82. The summed E-state index contributed by atoms with van der Waals surface area (Å²) in [7, 11) is -6.05. The number of benzene rings is 2. The molecule has 0 aromatic heterocycles. The Hall–Kier alpha value is -2.32. The molecule has 0 saturated heterocycles. The Kier molecular flexibility index (Phi) is 12.6. The van der Waals surface area contributed by atoms with E-state index in [-0.39, 0.29) is 41.7 Å². The Balaban J connectivity index is 0.00000722. The Bertz CT molecular complexity index is 1200. The Morgan fingerprint density at radius 1 is 1.03 bits per heavy atom. The van der Waals surface area contributed by atoms with Gasteiger partial charge < -0.3 is 30.8 Å². The fourth-order valence-corrected chi connectivity index (χ4v) is 4.59. The number of nitrogens with two attached hydrogens (primary N) is 1. The quantitative estimate of drug-likeness (QED) is 0.121. The van der Waals surface area contributed by atoms with Crippen molar-refractivity contribution in [3.8, 4) is 0 Å². The number of hydrogen-bond acceptors (Lipinski definition) is 9. The molecule has 0 fully saturated rings. The second-order valence-corrected chi connectivity index (χ2v) is 10.3. The van der Waals surface area contributed by atoms with Gasteiger partial charge in [0, 0.05) is 13.0 Å². The Morgan fingerprint density at radius 2 is 1.53 bits per heavy atom. The molecule has 0 saturated carbocycles. The van der Waals surface area contributed by atoms with Crippen molar-refractivity contribution >= 4 is 27.9 Å². The van der Waals surface area contributed by atoms with E-state index >= 15 is 0 Å². The fourth-order valence-electron chi connectivity index (χ4n) is 3.66. The maximum Gasteiger partial charge on any atom is 1.00 e. The molecular weight excluding hydrogens is 525 g/mol. The van der Waals surface area contributed by atoms with E-state index < -0.39 is 63.4 Å². The van der Waals surface area contributed by atoms with Crippen LogP contribution in [0.15, 0.2) is 60.7 Å². The predicted molar refractivity (Wildman–Crippen MR) is 133 cm³/mol. The van der Waals surface area contributed by atoms with Crippen LogP contribution in [0.5, 0.6) is 0 Å². The summed E-state index contributed by atoms with van der Waals surface area (Å²) in [5.41, 5.74) is 3.53. The second-order valence-electron chi connectivity index (χ2n) is 8.85. The normalized spacial score (nSPS) is 15.2. The average Bonchev–Trinajstić information content (AvgIpc) is 2.86. The zero-order valence-corrected chi connectivity index (χ0v) is 24.7. The van der Waals surface area contributed by atoms with Gasteiger partial charge in [-0.05, 0) is 24.0 Å². The molecule has 202 valence electrons. The zero-order chi connectivity index (χ0) is 27.9. The van der Waals surface area contributed by atoms with E-state index in [9.17, 15) is 32.5 Å². The molecule has 2 rings (SSSR count). The van der Waals surface area contributed by atoms with E-state index in [1.807, 2.05) is 0 Å². The molecule has 0 bridgehead atoms. The van der Waals surface area contributed by atoms with Gasteiger partial charge in [-0.2, -0.15) is 0 Å². The molecule has 2 aromatic carbocycles. The van der Waals surface area contributed by atoms with Gasteiger partial charge in [0.1, 0.15) is 16.7 Å². The molecule has 11 nitrogen and oxygen atoms in total. The van der Waals surface area contributed by atoms with Crippen LogP contribution in [0.3, 0.4) is 0 Å². The largest absolute Gasteiger partial charge is 1.00 e. The van der Waals surface area contributed by atoms with E-state index in [4.69, 9.17) is 10.5 Å². The van der Waals surface area contributed by atoms with Gasteiger partial charge in [-0.3, -0.25) is 9.59 Å². The third-order valence-corrected chi connectivity index (χ3v) is 7.07. The maximum atomic E-state index is 13.8. The molecule has 2 aromatic rings. The Morgan fingerprint density at radius 3 is 1.97 bits per heavy atom. The summed E-state index contributed by atoms with van der Waals surface area (Å²) in [4.78, 5) is 36.0. The van der Waals surface area contributed by atoms with Gasteiger partial charge in [-0.25, -0.2) is 13.2 Å². The number of amides is 2. The van der Waals surface area contributed by atoms with Crippen LogP contribution >= 0.6 is 0 Å². The minimum atomic E-state index is -6.05. The van der Waals surface area contributed by atoms with Crippen LogP contribution in [0.25, 0.3) is 0 Å². The number of rotatable bonds is 12. The van der Waals surface area contributed by atoms with Crippen molar-refractivity contribution in [2.75, 3.05) is 6.54 Å². The van der Waals surface area contributed by atoms with Crippen LogP contribution in [0.2, 0.25) is 0 Å². The molecule has 0 aliphatic heterocycles. The number of carbonyl (C=O) groups excluding carboxylic acids is 3. The van der Waals surface area contributed by atoms with Crippen molar-refractivity contribution in [1.29, 1.82) is 0 Å². The number of ether oxygens (including phenoxy) is 1. The summed E-state index contributed by atoms with van der Waals surface area (Å²) in [6.45, 7) is 3.99. The first-order valence-corrected chi connectivity index (χ1v) is 13.0. The summed E-state index contributed by atoms with van der Waals surface area (Å²) in [6, 6.07) is 14.6. The van der Waals surface area contributed by atoms with Crippen LogP contribution in [0.1, 0.15) is 31.9 Å². The first-order valence-electron chi connectivity index (χ1n) is 11.6. The molecule has 3 atom stereocenters. The monoisotopic (exact) mass is 557 g/mol. The molecule has 38 heavy (non-hydrogen) atoms. The minimum absolute atomic E-state index is 0. The van der Waals surface area contributed by atoms with Crippen LogP contribution in [-0.4, -0.2) is 58.9 Å². The molecule has 0 aliphatic rings. The SMILES string of the molecule is CCNC(=O)C(O)(C(Cc1ccccc1)(NC(=O)[C@@H](N)C(C)C)C(=O)OCc1ccccc1)S(=O)(=O)[O-].[Na+]. The van der Waals surface area contributed by atoms with Crippen molar-refractivity contribution in [3.05, 3.63) is 71.8 Å². The summed E-state index contributed by atoms with van der Waals surface area (Å²) < 4.78 is 43.2. The van der Waals surface area contributed by atoms with E-state index in [1.165, 1.54) is 19.1 Å². The average molecular weight is 558 g/mol. The van der Waals surface area contributed by atoms with E-state index in [2.05, 4.69) is 10.6 Å². The number of aliphatic hydroxyl groups is 1. The van der Waals surface area contributed by atoms with Crippen molar-refractivity contribution in [3.63, 3.8) is 0 Å². The summed E-state index contributed by atoms with van der Waals surface area (Å²) in [5, 5.41) is 15.7. The second kappa shape index (κ2) is 14.2. The van der Waals surface area contributed by atoms with Crippen molar-refractivity contribution in [2.45, 2.75) is 50.3 Å². The number of likely N-dealkylation sites (N-methyl/N-ethyl adjacent to an activating group) is 1. The van der Waals surface area contributed by atoms with Gasteiger partial charge >= 0.3 is 35.5 Å². The van der Waals surface area contributed by atoms with Gasteiger partial charge in [-0.15, -0.1) is 0 Å². The molecule has 0 radical (unpaired) electrons. The van der Waals surface area contributed by atoms with Crippen molar-refractivity contribution in [2.24, 2.45) is 11.7 Å². The third-order valence-electron chi connectivity index (χ3n) is 5.82. The van der Waals surface area contributed by atoms with Crippen LogP contribution in [0, 0.1) is 5.92 Å². The molecule has 13 heteroatoms. The first kappa shape index (κ1) is 33.7. The van der Waals surface area contributed by atoms with E-state index in [0.29, 0.717) is 5.56 Å². The molecule has 0 heterocycles. The summed E-state index contributed by atoms with van der Waals surface area (Å²) >= 11 is 0. The van der Waals surface area contributed by atoms with Crippen LogP contribution < -0.4 is 45.9 Å². The number of carbonyl (C=O) groups is 3. The van der Waals surface area contributed by atoms with E-state index in [1.54, 1.807) is 62.4 Å². The maximum absolute atomic E-state index is 13.8. The van der Waals surface area contributed by atoms with Gasteiger partial charge in [-0.1, -0.05) is 74.5 Å². The minimum Gasteiger partial charge on any atom is -0.745 e. The zero-order valence-electron chi connectivity index (χ0n) is 21.8. The van der Waals surface area contributed by atoms with Crippen LogP contribution in [-0.2, 0) is 42.3 Å². The smallest absolute Gasteiger partial charge is 0.745 e. The van der Waals surface area contributed by atoms with Crippen LogP contribution in [0.4, 0.5) is 0 Å². The number of nitrogens with one attached hydrogen (secondary N) is 2. The van der Waals surface area contributed by atoms with Gasteiger partial charge in [0.25, 0.3) is 10.8 Å². The van der Waals surface area contributed by atoms with E-state index in [0.717, 1.165) is 0 Å². The third kappa shape index (κ3) is 7.41. The summed E-state index contributed by atoms with van der Waals surface area (Å²) in [5.74, 6) is -4.78.